The highest BCUT2D eigenvalue weighted by Gasteiger charge is 2.25. The Hall–Kier alpha value is -5.36. The van der Waals surface area contributed by atoms with Crippen molar-refractivity contribution in [1.82, 2.24) is 19.4 Å². The Balaban J connectivity index is 1.08. The van der Waals surface area contributed by atoms with E-state index in [1.807, 2.05) is 22.8 Å². The molecule has 2 aliphatic heterocycles. The third-order valence-electron chi connectivity index (χ3n) is 8.64. The second kappa shape index (κ2) is 13.0. The number of hydrogen-bond donors (Lipinski definition) is 1. The second-order valence-electron chi connectivity index (χ2n) is 11.8. The van der Waals surface area contributed by atoms with Crippen LogP contribution in [-0.2, 0) is 42.1 Å². The van der Waals surface area contributed by atoms with Crippen LogP contribution in [0.25, 0.3) is 22.3 Å². The van der Waals surface area contributed by atoms with Crippen LogP contribution in [0, 0.1) is 11.6 Å². The summed E-state index contributed by atoms with van der Waals surface area (Å²) in [5.74, 6) is -1.62. The van der Waals surface area contributed by atoms with Gasteiger partial charge < -0.3 is 23.9 Å². The summed E-state index contributed by atoms with van der Waals surface area (Å²) in [5.41, 5.74) is 4.51. The van der Waals surface area contributed by atoms with Crippen molar-refractivity contribution in [3.8, 4) is 17.1 Å². The summed E-state index contributed by atoms with van der Waals surface area (Å²) >= 11 is 0. The van der Waals surface area contributed by atoms with Crippen LogP contribution in [0.1, 0.15) is 51.8 Å². The van der Waals surface area contributed by atoms with Crippen molar-refractivity contribution in [2.24, 2.45) is 0 Å². The number of carboxylic acid groups (broad SMARTS) is 1. The Bertz CT molecular complexity index is 2040. The minimum absolute atomic E-state index is 0.0122. The van der Waals surface area contributed by atoms with Crippen LogP contribution in [0.3, 0.4) is 0 Å². The van der Waals surface area contributed by atoms with E-state index in [1.165, 1.54) is 12.1 Å². The molecular formula is C36H32F2N4O6. The summed E-state index contributed by atoms with van der Waals surface area (Å²) in [7, 11) is 0. The first kappa shape index (κ1) is 31.3. The third kappa shape index (κ3) is 6.30. The van der Waals surface area contributed by atoms with E-state index in [4.69, 9.17) is 14.2 Å². The molecule has 2 aliphatic rings. The zero-order valence-corrected chi connectivity index (χ0v) is 26.1. The summed E-state index contributed by atoms with van der Waals surface area (Å²) in [4.78, 5) is 34.4. The van der Waals surface area contributed by atoms with Gasteiger partial charge in [0.15, 0.2) is 0 Å². The van der Waals surface area contributed by atoms with E-state index in [0.717, 1.165) is 35.2 Å². The van der Waals surface area contributed by atoms with Crippen LogP contribution >= 0.6 is 0 Å². The van der Waals surface area contributed by atoms with Crippen molar-refractivity contribution in [3.05, 3.63) is 112 Å². The molecule has 4 heterocycles. The molecule has 3 aromatic carbocycles. The molecule has 246 valence electrons. The number of carbonyl (C=O) groups is 2. The van der Waals surface area contributed by atoms with Crippen LogP contribution in [0.5, 0.6) is 5.88 Å². The molecule has 1 unspecified atom stereocenters. The number of halogens is 2. The standard InChI is InChI=1S/C36H32F2N4O6/c1-2-46-36(45)41-17-23-7-6-21(12-25(23)18-41)20-48-34-5-3-4-30(40-34)27-16-28(37)24(13-29(27)38)15-33-39-31-9-8-22(35(43)44)14-32(31)42(33)19-26-10-11-47-26/h3-9,12-14,16,26H,2,10-11,15,17-20H2,1H3,(H,43,44). The molecule has 48 heavy (non-hydrogen) atoms. The number of rotatable bonds is 10. The average Bonchev–Trinajstić information content (AvgIpc) is 3.64. The smallest absolute Gasteiger partial charge is 0.410 e. The van der Waals surface area contributed by atoms with Crippen LogP contribution in [0.2, 0.25) is 0 Å². The minimum Gasteiger partial charge on any atom is -0.478 e. The molecule has 0 radical (unpaired) electrons. The molecule has 0 bridgehead atoms. The van der Waals surface area contributed by atoms with Gasteiger partial charge in [-0.2, -0.15) is 0 Å². The van der Waals surface area contributed by atoms with Gasteiger partial charge >= 0.3 is 12.1 Å². The number of ether oxygens (including phenoxy) is 3. The van der Waals surface area contributed by atoms with Crippen molar-refractivity contribution in [2.45, 2.75) is 52.1 Å². The predicted molar refractivity (Wildman–Crippen MR) is 170 cm³/mol. The van der Waals surface area contributed by atoms with Gasteiger partial charge in [-0.3, -0.25) is 4.90 Å². The van der Waals surface area contributed by atoms with Crippen molar-refractivity contribution < 1.29 is 37.7 Å². The highest BCUT2D eigenvalue weighted by Crippen LogP contribution is 2.30. The lowest BCUT2D eigenvalue weighted by Crippen LogP contribution is -2.31. The predicted octanol–water partition coefficient (Wildman–Crippen LogP) is 6.51. The molecule has 2 aromatic heterocycles. The van der Waals surface area contributed by atoms with Crippen LogP contribution in [-0.4, -0.2) is 55.9 Å². The van der Waals surface area contributed by atoms with Crippen LogP contribution in [0.15, 0.2) is 66.7 Å². The van der Waals surface area contributed by atoms with Crippen molar-refractivity contribution in [2.75, 3.05) is 13.2 Å². The number of hydrogen-bond acceptors (Lipinski definition) is 7. The van der Waals surface area contributed by atoms with Crippen LogP contribution < -0.4 is 4.74 Å². The largest absolute Gasteiger partial charge is 0.478 e. The quantitative estimate of drug-likeness (QED) is 0.181. The highest BCUT2D eigenvalue weighted by atomic mass is 19.1. The van der Waals surface area contributed by atoms with Gasteiger partial charge in [-0.05, 0) is 72.0 Å². The van der Waals surface area contributed by atoms with Gasteiger partial charge in [0.1, 0.15) is 24.1 Å². The van der Waals surface area contributed by atoms with Crippen molar-refractivity contribution in [1.29, 1.82) is 0 Å². The zero-order valence-electron chi connectivity index (χ0n) is 26.1. The second-order valence-corrected chi connectivity index (χ2v) is 11.8. The van der Waals surface area contributed by atoms with Crippen molar-refractivity contribution >= 4 is 23.1 Å². The van der Waals surface area contributed by atoms with E-state index in [-0.39, 0.29) is 53.5 Å². The normalized spacial score (nSPS) is 15.3. The Kier molecular flexibility index (Phi) is 8.49. The number of aromatic carboxylic acids is 1. The number of carbonyl (C=O) groups excluding carboxylic acids is 1. The molecule has 1 atom stereocenters. The van der Waals surface area contributed by atoms with E-state index in [9.17, 15) is 14.7 Å². The topological polar surface area (TPSA) is 116 Å². The summed E-state index contributed by atoms with van der Waals surface area (Å²) in [5, 5.41) is 9.50. The Morgan fingerprint density at radius 3 is 2.60 bits per heavy atom. The van der Waals surface area contributed by atoms with Gasteiger partial charge in [0.05, 0.1) is 41.5 Å². The van der Waals surface area contributed by atoms with E-state index in [2.05, 4.69) is 9.97 Å². The summed E-state index contributed by atoms with van der Waals surface area (Å²) < 4.78 is 49.7. The first-order valence-corrected chi connectivity index (χ1v) is 15.7. The molecule has 1 saturated heterocycles. The number of carboxylic acids is 1. The molecule has 10 nitrogen and oxygen atoms in total. The fourth-order valence-corrected chi connectivity index (χ4v) is 6.05. The number of pyridine rings is 1. The van der Waals surface area contributed by atoms with E-state index < -0.39 is 17.6 Å². The first-order chi connectivity index (χ1) is 23.2. The fraction of sp³-hybridized carbons (Fsp3) is 0.278. The molecule has 0 spiro atoms. The first-order valence-electron chi connectivity index (χ1n) is 15.7. The van der Waals surface area contributed by atoms with Gasteiger partial charge in [-0.1, -0.05) is 24.3 Å². The monoisotopic (exact) mass is 654 g/mol. The summed E-state index contributed by atoms with van der Waals surface area (Å²) in [6.45, 7) is 4.28. The van der Waals surface area contributed by atoms with Gasteiger partial charge in [0.2, 0.25) is 5.88 Å². The SMILES string of the molecule is CCOC(=O)N1Cc2ccc(COc3cccc(-c4cc(F)c(Cc5nc6ccc(C(=O)O)cc6n5CC5CCO5)cc4F)n3)cc2C1. The lowest BCUT2D eigenvalue weighted by Gasteiger charge is -2.27. The highest BCUT2D eigenvalue weighted by molar-refractivity contribution is 5.92. The van der Waals surface area contributed by atoms with E-state index in [1.54, 1.807) is 36.1 Å². The number of aromatic nitrogens is 3. The van der Waals surface area contributed by atoms with Gasteiger partial charge in [0, 0.05) is 37.7 Å². The van der Waals surface area contributed by atoms with E-state index in [0.29, 0.717) is 49.7 Å². The van der Waals surface area contributed by atoms with Gasteiger partial charge in [-0.25, -0.2) is 28.3 Å². The molecule has 7 rings (SSSR count). The number of benzene rings is 3. The Morgan fingerprint density at radius 2 is 1.83 bits per heavy atom. The fourth-order valence-electron chi connectivity index (χ4n) is 6.05. The van der Waals surface area contributed by atoms with Crippen LogP contribution in [0.4, 0.5) is 13.6 Å². The summed E-state index contributed by atoms with van der Waals surface area (Å²) in [6, 6.07) is 17.7. The lowest BCUT2D eigenvalue weighted by atomic mass is 10.0. The molecule has 1 fully saturated rings. The van der Waals surface area contributed by atoms with Crippen molar-refractivity contribution in [3.63, 3.8) is 0 Å². The zero-order chi connectivity index (χ0) is 33.4. The molecule has 1 amide bonds. The lowest BCUT2D eigenvalue weighted by molar-refractivity contribution is -0.0589. The number of fused-ring (bicyclic) bond motifs is 2. The molecular weight excluding hydrogens is 622 g/mol. The van der Waals surface area contributed by atoms with Gasteiger partial charge in [-0.15, -0.1) is 0 Å². The number of amides is 1. The maximum absolute atomic E-state index is 15.6. The van der Waals surface area contributed by atoms with Gasteiger partial charge in [0.25, 0.3) is 0 Å². The minimum atomic E-state index is -1.06. The summed E-state index contributed by atoms with van der Waals surface area (Å²) in [6.07, 6.45) is 0.415. The molecule has 5 aromatic rings. The molecule has 1 N–H and O–H groups in total. The molecule has 0 aliphatic carbocycles. The van der Waals surface area contributed by atoms with E-state index >= 15 is 8.78 Å². The molecule has 0 saturated carbocycles. The maximum Gasteiger partial charge on any atom is 0.410 e. The number of nitrogens with zero attached hydrogens (tertiary/aromatic N) is 4. The Morgan fingerprint density at radius 1 is 1.00 bits per heavy atom. The molecule has 12 heteroatoms. The Labute approximate surface area is 274 Å². The third-order valence-corrected chi connectivity index (χ3v) is 8.64. The average molecular weight is 655 g/mol. The maximum atomic E-state index is 15.6. The number of imidazole rings is 1.